The van der Waals surface area contributed by atoms with Gasteiger partial charge in [0.05, 0.1) is 23.4 Å². The molecule has 0 fully saturated rings. The summed E-state index contributed by atoms with van der Waals surface area (Å²) in [4.78, 5) is 10.2. The lowest BCUT2D eigenvalue weighted by Gasteiger charge is -2.14. The van der Waals surface area contributed by atoms with Crippen molar-refractivity contribution < 1.29 is 18.1 Å². The second-order valence-electron chi connectivity index (χ2n) is 6.21. The fourth-order valence-electron chi connectivity index (χ4n) is 2.58. The molecule has 0 atom stereocenters. The van der Waals surface area contributed by atoms with Crippen LogP contribution in [0.15, 0.2) is 52.5 Å². The molecule has 2 aromatic carbocycles. The zero-order valence-corrected chi connectivity index (χ0v) is 17.3. The first-order valence-corrected chi connectivity index (χ1v) is 10.5. The monoisotopic (exact) mass is 420 g/mol. The smallest absolute Gasteiger partial charge is 0.270 e. The molecule has 0 aliphatic heterocycles. The number of hydrazone groups is 1. The maximum atomic E-state index is 13.0. The quantitative estimate of drug-likeness (QED) is 0.337. The molecular weight excluding hydrogens is 396 g/mol. The predicted octanol–water partition coefficient (Wildman–Crippen LogP) is 4.24. The van der Waals surface area contributed by atoms with E-state index in [1.165, 1.54) is 25.3 Å². The number of para-hydroxylation sites is 2. The number of anilines is 2. The third kappa shape index (κ3) is 5.67. The minimum atomic E-state index is -4.17. The largest absolute Gasteiger partial charge is 0.495 e. The average Bonchev–Trinajstić information content (AvgIpc) is 2.71. The van der Waals surface area contributed by atoms with E-state index in [1.807, 2.05) is 13.8 Å². The Bertz CT molecular complexity index is 988. The fourth-order valence-corrected chi connectivity index (χ4v) is 3.83. The maximum absolute atomic E-state index is 13.0. The Labute approximate surface area is 170 Å². The van der Waals surface area contributed by atoms with E-state index in [1.54, 1.807) is 24.4 Å². The van der Waals surface area contributed by atoms with E-state index in [9.17, 15) is 18.5 Å². The summed E-state index contributed by atoms with van der Waals surface area (Å²) in [5.41, 5.74) is 2.69. The fraction of sp³-hybridized carbons (Fsp3) is 0.316. The van der Waals surface area contributed by atoms with Gasteiger partial charge in [-0.3, -0.25) is 20.3 Å². The van der Waals surface area contributed by atoms with Gasteiger partial charge in [0.1, 0.15) is 10.6 Å². The standard InChI is InChI=1S/C19H24N4O5S/c1-4-14(5-2)13-20-21-17-11-10-15(23(24)25)12-19(17)29(26,27)22-16-8-6-7-9-18(16)28-3/h6-14,21-22H,4-5H2,1-3H3/b20-13+. The van der Waals surface area contributed by atoms with Crippen molar-refractivity contribution in [1.82, 2.24) is 0 Å². The summed E-state index contributed by atoms with van der Waals surface area (Å²) in [6.45, 7) is 4.05. The Morgan fingerprint density at radius 3 is 2.48 bits per heavy atom. The molecule has 0 heterocycles. The molecule has 0 saturated carbocycles. The Morgan fingerprint density at radius 2 is 1.86 bits per heavy atom. The van der Waals surface area contributed by atoms with Crippen molar-refractivity contribution in [3.63, 3.8) is 0 Å². The van der Waals surface area contributed by atoms with E-state index >= 15 is 0 Å². The number of nitro groups is 1. The molecule has 0 amide bonds. The van der Waals surface area contributed by atoms with Crippen LogP contribution in [-0.4, -0.2) is 26.7 Å². The zero-order chi connectivity index (χ0) is 21.4. The van der Waals surface area contributed by atoms with Crippen LogP contribution in [0.1, 0.15) is 26.7 Å². The summed E-state index contributed by atoms with van der Waals surface area (Å²) >= 11 is 0. The van der Waals surface area contributed by atoms with Gasteiger partial charge in [-0.25, -0.2) is 8.42 Å². The van der Waals surface area contributed by atoms with Crippen LogP contribution in [0.3, 0.4) is 0 Å². The van der Waals surface area contributed by atoms with Gasteiger partial charge < -0.3 is 4.74 Å². The number of nitrogens with one attached hydrogen (secondary N) is 2. The second kappa shape index (κ2) is 9.87. The van der Waals surface area contributed by atoms with Crippen molar-refractivity contribution in [3.05, 3.63) is 52.6 Å². The third-order valence-electron chi connectivity index (χ3n) is 4.34. The number of ether oxygens (including phenoxy) is 1. The first kappa shape index (κ1) is 22.2. The van der Waals surface area contributed by atoms with E-state index in [4.69, 9.17) is 4.74 Å². The number of sulfonamides is 1. The molecule has 0 saturated heterocycles. The molecule has 2 rings (SSSR count). The lowest BCUT2D eigenvalue weighted by molar-refractivity contribution is -0.385. The van der Waals surface area contributed by atoms with E-state index in [0.29, 0.717) is 5.75 Å². The van der Waals surface area contributed by atoms with Gasteiger partial charge in [-0.1, -0.05) is 26.0 Å². The Kier molecular flexibility index (Phi) is 7.54. The highest BCUT2D eigenvalue weighted by Crippen LogP contribution is 2.31. The Hall–Kier alpha value is -3.14. The number of methoxy groups -OCH3 is 1. The summed E-state index contributed by atoms with van der Waals surface area (Å²) in [6.07, 6.45) is 3.48. The molecule has 0 bridgehead atoms. The molecule has 156 valence electrons. The normalized spacial score (nSPS) is 11.6. The second-order valence-corrected chi connectivity index (χ2v) is 7.86. The van der Waals surface area contributed by atoms with Gasteiger partial charge in [0, 0.05) is 18.3 Å². The van der Waals surface area contributed by atoms with Crippen molar-refractivity contribution >= 4 is 33.3 Å². The van der Waals surface area contributed by atoms with Crippen LogP contribution in [0, 0.1) is 16.0 Å². The van der Waals surface area contributed by atoms with E-state index in [2.05, 4.69) is 15.2 Å². The molecular formula is C19H24N4O5S. The predicted molar refractivity (Wildman–Crippen MR) is 113 cm³/mol. The van der Waals surface area contributed by atoms with Crippen LogP contribution in [0.25, 0.3) is 0 Å². The molecule has 2 aromatic rings. The third-order valence-corrected chi connectivity index (χ3v) is 5.74. The van der Waals surface area contributed by atoms with Crippen molar-refractivity contribution in [3.8, 4) is 5.75 Å². The molecule has 29 heavy (non-hydrogen) atoms. The summed E-state index contributed by atoms with van der Waals surface area (Å²) in [7, 11) is -2.75. The number of nitrogens with zero attached hydrogens (tertiary/aromatic N) is 2. The summed E-state index contributed by atoms with van der Waals surface area (Å²) < 4.78 is 33.6. The topological polar surface area (TPSA) is 123 Å². The SMILES string of the molecule is CCC(/C=N/Nc1ccc([N+](=O)[O-])cc1S(=O)(=O)Nc1ccccc1OC)CC. The molecule has 0 unspecified atom stereocenters. The van der Waals surface area contributed by atoms with Crippen LogP contribution in [0.5, 0.6) is 5.75 Å². The summed E-state index contributed by atoms with van der Waals surface area (Å²) in [6, 6.07) is 10.0. The van der Waals surface area contributed by atoms with Crippen molar-refractivity contribution in [2.24, 2.45) is 11.0 Å². The van der Waals surface area contributed by atoms with Gasteiger partial charge >= 0.3 is 0 Å². The molecule has 2 N–H and O–H groups in total. The average molecular weight is 420 g/mol. The van der Waals surface area contributed by atoms with Gasteiger partial charge in [0.25, 0.3) is 15.7 Å². The lowest BCUT2D eigenvalue weighted by Crippen LogP contribution is -2.15. The van der Waals surface area contributed by atoms with Crippen molar-refractivity contribution in [1.29, 1.82) is 0 Å². The molecule has 0 spiro atoms. The van der Waals surface area contributed by atoms with E-state index in [-0.39, 0.29) is 27.9 Å². The highest BCUT2D eigenvalue weighted by Gasteiger charge is 2.23. The molecule has 0 aromatic heterocycles. The van der Waals surface area contributed by atoms with E-state index < -0.39 is 14.9 Å². The van der Waals surface area contributed by atoms with Gasteiger partial charge in [-0.2, -0.15) is 5.10 Å². The molecule has 9 nitrogen and oxygen atoms in total. The molecule has 0 aliphatic carbocycles. The first-order chi connectivity index (χ1) is 13.8. The van der Waals surface area contributed by atoms with Gasteiger partial charge in [0.15, 0.2) is 0 Å². The number of nitro benzene ring substituents is 1. The highest BCUT2D eigenvalue weighted by molar-refractivity contribution is 7.93. The zero-order valence-electron chi connectivity index (χ0n) is 16.5. The Morgan fingerprint density at radius 1 is 1.17 bits per heavy atom. The van der Waals surface area contributed by atoms with Gasteiger partial charge in [-0.15, -0.1) is 0 Å². The summed E-state index contributed by atoms with van der Waals surface area (Å²) in [5.74, 6) is 0.565. The Balaban J connectivity index is 2.44. The molecule has 0 aliphatic rings. The number of rotatable bonds is 10. The minimum absolute atomic E-state index is 0.125. The molecule has 10 heteroatoms. The van der Waals surface area contributed by atoms with Crippen LogP contribution >= 0.6 is 0 Å². The first-order valence-electron chi connectivity index (χ1n) is 9.05. The number of hydrogen-bond donors (Lipinski definition) is 2. The lowest BCUT2D eigenvalue weighted by atomic mass is 10.1. The van der Waals surface area contributed by atoms with Crippen molar-refractivity contribution in [2.75, 3.05) is 17.3 Å². The number of hydrogen-bond acceptors (Lipinski definition) is 7. The maximum Gasteiger partial charge on any atom is 0.270 e. The van der Waals surface area contributed by atoms with Gasteiger partial charge in [-0.05, 0) is 37.0 Å². The summed E-state index contributed by atoms with van der Waals surface area (Å²) in [5, 5.41) is 15.3. The van der Waals surface area contributed by atoms with Crippen LogP contribution < -0.4 is 14.9 Å². The minimum Gasteiger partial charge on any atom is -0.495 e. The van der Waals surface area contributed by atoms with Crippen molar-refractivity contribution in [2.45, 2.75) is 31.6 Å². The van der Waals surface area contributed by atoms with Crippen LogP contribution in [0.4, 0.5) is 17.1 Å². The van der Waals surface area contributed by atoms with Crippen LogP contribution in [-0.2, 0) is 10.0 Å². The molecule has 0 radical (unpaired) electrons. The highest BCUT2D eigenvalue weighted by atomic mass is 32.2. The van der Waals surface area contributed by atoms with Crippen LogP contribution in [0.2, 0.25) is 0 Å². The van der Waals surface area contributed by atoms with E-state index in [0.717, 1.165) is 18.9 Å². The number of benzene rings is 2. The number of non-ortho nitro benzene ring substituents is 1. The van der Waals surface area contributed by atoms with Gasteiger partial charge in [0.2, 0.25) is 0 Å².